The Bertz CT molecular complexity index is 2090. The van der Waals surface area contributed by atoms with Crippen LogP contribution in [0.25, 0.3) is 66.8 Å². The molecule has 4 nitrogen and oxygen atoms in total. The van der Waals surface area contributed by atoms with Crippen LogP contribution in [0.1, 0.15) is 0 Å². The van der Waals surface area contributed by atoms with Crippen LogP contribution in [0.4, 0.5) is 0 Å². The van der Waals surface area contributed by atoms with Gasteiger partial charge in [-0.15, -0.1) is 35.4 Å². The van der Waals surface area contributed by atoms with Gasteiger partial charge in [-0.25, -0.2) is 0 Å². The molecule has 8 rings (SSSR count). The van der Waals surface area contributed by atoms with Gasteiger partial charge in [-0.3, -0.25) is 4.98 Å². The van der Waals surface area contributed by atoms with E-state index in [0.29, 0.717) is 11.5 Å². The van der Waals surface area contributed by atoms with Gasteiger partial charge in [0, 0.05) is 31.4 Å². The summed E-state index contributed by atoms with van der Waals surface area (Å²) in [4.78, 5) is 9.16. The minimum atomic E-state index is 0. The monoisotopic (exact) mass is 720 g/mol. The summed E-state index contributed by atoms with van der Waals surface area (Å²) in [7, 11) is 2.00. The number of aryl methyl sites for hydroxylation is 1. The summed E-state index contributed by atoms with van der Waals surface area (Å²) in [5, 5.41) is 2.39. The van der Waals surface area contributed by atoms with Crippen molar-refractivity contribution in [1.82, 2.24) is 14.5 Å². The first-order valence-electron chi connectivity index (χ1n) is 13.6. The van der Waals surface area contributed by atoms with Gasteiger partial charge >= 0.3 is 21.1 Å². The van der Waals surface area contributed by atoms with Crippen LogP contribution in [0.5, 0.6) is 11.5 Å². The van der Waals surface area contributed by atoms with Gasteiger partial charge in [0.25, 0.3) is 0 Å². The molecule has 42 heavy (non-hydrogen) atoms. The molecule has 0 saturated carbocycles. The maximum atomic E-state index is 6.76. The summed E-state index contributed by atoms with van der Waals surface area (Å²) in [6.07, 6.45) is 5.55. The number of nitrogens with zero attached hydrogens (tertiary/aromatic N) is 3. The number of imidazole rings is 1. The van der Waals surface area contributed by atoms with E-state index in [4.69, 9.17) is 4.74 Å². The smallest absolute Gasteiger partial charge is 0.496 e. The van der Waals surface area contributed by atoms with Gasteiger partial charge in [-0.2, -0.15) is 0 Å². The van der Waals surface area contributed by atoms with E-state index in [1.165, 1.54) is 21.9 Å². The third-order valence-electron chi connectivity index (χ3n) is 7.70. The molecule has 202 valence electrons. The van der Waals surface area contributed by atoms with E-state index in [-0.39, 0.29) is 21.1 Å². The van der Waals surface area contributed by atoms with Crippen LogP contribution in [0.2, 0.25) is 0 Å². The maximum absolute atomic E-state index is 6.76. The summed E-state index contributed by atoms with van der Waals surface area (Å²) >= 11 is 0. The fourth-order valence-electron chi connectivity index (χ4n) is 5.88. The first kappa shape index (κ1) is 26.1. The Morgan fingerprint density at radius 2 is 1.38 bits per heavy atom. The quantitative estimate of drug-likeness (QED) is 0.171. The molecule has 7 aromatic rings. The molecular weight excluding hydrogens is 698 g/mol. The number of fused-ring (bicyclic) bond motifs is 5. The summed E-state index contributed by atoms with van der Waals surface area (Å²) in [5.74, 6) is 2.05. The second kappa shape index (κ2) is 10.6. The zero-order valence-corrected chi connectivity index (χ0v) is 24.9. The molecule has 0 atom stereocenters. The minimum absolute atomic E-state index is 0. The average molecular weight is 721 g/mol. The first-order chi connectivity index (χ1) is 20.2. The van der Waals surface area contributed by atoms with E-state index in [1.54, 1.807) is 6.20 Å². The van der Waals surface area contributed by atoms with Crippen molar-refractivity contribution >= 4 is 10.8 Å². The summed E-state index contributed by atoms with van der Waals surface area (Å²) in [6.45, 7) is 0. The van der Waals surface area contributed by atoms with Gasteiger partial charge in [-0.1, -0.05) is 90.5 Å². The van der Waals surface area contributed by atoms with Crippen molar-refractivity contribution in [1.29, 1.82) is 0 Å². The van der Waals surface area contributed by atoms with Crippen LogP contribution >= 0.6 is 0 Å². The number of aromatic nitrogens is 3. The Balaban J connectivity index is 0.00000288. The molecule has 0 unspecified atom stereocenters. The van der Waals surface area contributed by atoms with Gasteiger partial charge < -0.3 is 14.3 Å². The van der Waals surface area contributed by atoms with Gasteiger partial charge in [0.1, 0.15) is 0 Å². The molecule has 0 amide bonds. The van der Waals surface area contributed by atoms with Crippen LogP contribution < -0.4 is 4.74 Å². The zero-order chi connectivity index (χ0) is 27.3. The normalized spacial score (nSPS) is 11.3. The molecular formula is C37H23N3OPt. The predicted octanol–water partition coefficient (Wildman–Crippen LogP) is 9.01. The fourth-order valence-corrected chi connectivity index (χ4v) is 5.88. The number of pyridine rings is 1. The van der Waals surface area contributed by atoms with Crippen molar-refractivity contribution in [2.75, 3.05) is 0 Å². The topological polar surface area (TPSA) is 39.9 Å². The van der Waals surface area contributed by atoms with E-state index < -0.39 is 0 Å². The Labute approximate surface area is 258 Å². The molecule has 1 aliphatic rings. The number of benzene rings is 5. The van der Waals surface area contributed by atoms with Crippen molar-refractivity contribution < 1.29 is 25.8 Å². The molecule has 2 heterocycles. The van der Waals surface area contributed by atoms with Gasteiger partial charge in [-0.05, 0) is 50.4 Å². The van der Waals surface area contributed by atoms with E-state index >= 15 is 0 Å². The van der Waals surface area contributed by atoms with E-state index in [1.807, 2.05) is 60.4 Å². The average Bonchev–Trinajstić information content (AvgIpc) is 3.41. The number of hydrogen-bond acceptors (Lipinski definition) is 3. The van der Waals surface area contributed by atoms with Crippen LogP contribution in [0.3, 0.4) is 0 Å². The zero-order valence-electron chi connectivity index (χ0n) is 22.6. The molecule has 0 radical (unpaired) electrons. The number of hydrogen-bond donors (Lipinski definition) is 0. The third kappa shape index (κ3) is 4.27. The first-order valence-corrected chi connectivity index (χ1v) is 13.6. The largest absolute Gasteiger partial charge is 2.00 e. The Morgan fingerprint density at radius 3 is 2.14 bits per heavy atom. The molecule has 0 spiro atoms. The van der Waals surface area contributed by atoms with Crippen LogP contribution in [-0.2, 0) is 28.1 Å². The molecule has 0 saturated heterocycles. The van der Waals surface area contributed by atoms with E-state index in [9.17, 15) is 0 Å². The van der Waals surface area contributed by atoms with Gasteiger partial charge in [0.15, 0.2) is 0 Å². The Hall–Kier alpha value is -4.79. The molecule has 1 aliphatic carbocycles. The number of ether oxygens (including phenoxy) is 1. The number of rotatable bonds is 4. The van der Waals surface area contributed by atoms with Gasteiger partial charge in [0.05, 0.1) is 11.6 Å². The van der Waals surface area contributed by atoms with Crippen LogP contribution in [-0.4, -0.2) is 14.5 Å². The molecule has 0 fully saturated rings. The standard InChI is InChI=1S/C37H23N3O.Pt/c1-40-20-19-39-37(40)26-22-32-29-14-3-2-13-28(29)30-15-7-9-24-10-8-16-31(35(24)30)36(32)34(23-26)41-27-12-6-11-25(21-27)33-17-4-5-18-38-33;/h2-20,22H,1H3;/q-2;+2. The predicted molar refractivity (Wildman–Crippen MR) is 163 cm³/mol. The van der Waals surface area contributed by atoms with Crippen molar-refractivity contribution in [2.24, 2.45) is 7.05 Å². The molecule has 2 aromatic heterocycles. The van der Waals surface area contributed by atoms with Crippen molar-refractivity contribution in [3.63, 3.8) is 0 Å². The molecule has 5 heteroatoms. The van der Waals surface area contributed by atoms with Crippen molar-refractivity contribution in [3.8, 4) is 67.5 Å². The third-order valence-corrected chi connectivity index (χ3v) is 7.70. The molecule has 0 bridgehead atoms. The SMILES string of the molecule is Cn1ccnc1-c1[c-]c(Oc2[c-]c(-c3ccccn3)ccc2)c2c(c1)-c1ccccc1-c1cccc3cccc-2c13.[Pt+2]. The van der Waals surface area contributed by atoms with Gasteiger partial charge in [0.2, 0.25) is 0 Å². The Morgan fingerprint density at radius 1 is 0.643 bits per heavy atom. The summed E-state index contributed by atoms with van der Waals surface area (Å²) in [6, 6.07) is 42.6. The fraction of sp³-hybridized carbons (Fsp3) is 0.0270. The van der Waals surface area contributed by atoms with E-state index in [0.717, 1.165) is 44.9 Å². The van der Waals surface area contributed by atoms with Crippen molar-refractivity contribution in [3.05, 3.63) is 134 Å². The summed E-state index contributed by atoms with van der Waals surface area (Å²) < 4.78 is 8.77. The molecule has 0 N–H and O–H groups in total. The molecule has 5 aromatic carbocycles. The Kier molecular flexibility index (Phi) is 6.57. The summed E-state index contributed by atoms with van der Waals surface area (Å²) in [5.41, 5.74) is 9.31. The second-order valence-corrected chi connectivity index (χ2v) is 10.2. The van der Waals surface area contributed by atoms with E-state index in [2.05, 4.69) is 88.8 Å². The maximum Gasteiger partial charge on any atom is 2.00 e. The van der Waals surface area contributed by atoms with Crippen LogP contribution in [0, 0.1) is 12.1 Å². The van der Waals surface area contributed by atoms with Crippen LogP contribution in [0.15, 0.2) is 122 Å². The minimum Gasteiger partial charge on any atom is -0.496 e. The van der Waals surface area contributed by atoms with Crippen molar-refractivity contribution in [2.45, 2.75) is 0 Å². The second-order valence-electron chi connectivity index (χ2n) is 10.2. The molecule has 0 aliphatic heterocycles.